The third-order valence-corrected chi connectivity index (χ3v) is 3.20. The molecule has 1 aliphatic heterocycles. The molecule has 3 heteroatoms. The van der Waals surface area contributed by atoms with E-state index in [-0.39, 0.29) is 0 Å². The number of anilines is 2. The molecule has 1 aromatic rings. The van der Waals surface area contributed by atoms with Crippen molar-refractivity contribution >= 4 is 11.4 Å². The molecular weight excluding hydrogens is 212 g/mol. The van der Waals surface area contributed by atoms with Gasteiger partial charge in [-0.15, -0.1) is 0 Å². The molecular formula is C14H22N2O. The second kappa shape index (κ2) is 5.92. The van der Waals surface area contributed by atoms with Crippen LogP contribution in [-0.4, -0.2) is 25.8 Å². The van der Waals surface area contributed by atoms with E-state index in [1.807, 2.05) is 12.1 Å². The van der Waals surface area contributed by atoms with Crippen LogP contribution in [0.3, 0.4) is 0 Å². The van der Waals surface area contributed by atoms with Crippen LogP contribution in [0.1, 0.15) is 26.2 Å². The zero-order valence-electron chi connectivity index (χ0n) is 10.6. The van der Waals surface area contributed by atoms with E-state index in [4.69, 9.17) is 10.5 Å². The Balaban J connectivity index is 2.02. The molecule has 2 rings (SSSR count). The molecule has 0 bridgehead atoms. The van der Waals surface area contributed by atoms with Crippen LogP contribution in [0.15, 0.2) is 24.3 Å². The first kappa shape index (κ1) is 12.2. The van der Waals surface area contributed by atoms with Gasteiger partial charge in [0, 0.05) is 31.1 Å². The summed E-state index contributed by atoms with van der Waals surface area (Å²) >= 11 is 0. The van der Waals surface area contributed by atoms with Gasteiger partial charge in [0.2, 0.25) is 0 Å². The Hall–Kier alpha value is -1.22. The minimum Gasteiger partial charge on any atom is -0.399 e. The van der Waals surface area contributed by atoms with Gasteiger partial charge in [-0.1, -0.05) is 6.92 Å². The van der Waals surface area contributed by atoms with Crippen molar-refractivity contribution in [1.82, 2.24) is 0 Å². The lowest BCUT2D eigenvalue weighted by molar-refractivity contribution is 0.115. The Labute approximate surface area is 104 Å². The van der Waals surface area contributed by atoms with Crippen LogP contribution in [0.5, 0.6) is 0 Å². The molecule has 3 nitrogen and oxygen atoms in total. The summed E-state index contributed by atoms with van der Waals surface area (Å²) in [5.41, 5.74) is 7.79. The van der Waals surface area contributed by atoms with Crippen molar-refractivity contribution < 1.29 is 4.74 Å². The summed E-state index contributed by atoms with van der Waals surface area (Å²) < 4.78 is 5.71. The number of hydrogen-bond donors (Lipinski definition) is 1. The SMILES string of the molecule is CCCN(CC1CCCO1)c1ccc(N)cc1. The second-order valence-corrected chi connectivity index (χ2v) is 4.67. The Morgan fingerprint density at radius 2 is 2.12 bits per heavy atom. The zero-order chi connectivity index (χ0) is 12.1. The van der Waals surface area contributed by atoms with Gasteiger partial charge in [-0.05, 0) is 43.5 Å². The molecule has 1 saturated heterocycles. The monoisotopic (exact) mass is 234 g/mol. The first-order chi connectivity index (χ1) is 8.29. The molecule has 0 amide bonds. The number of nitrogens with zero attached hydrogens (tertiary/aromatic N) is 1. The standard InChI is InChI=1S/C14H22N2O/c1-2-9-16(11-14-4-3-10-17-14)13-7-5-12(15)6-8-13/h5-8,14H,2-4,9-11,15H2,1H3. The quantitative estimate of drug-likeness (QED) is 0.796. The lowest BCUT2D eigenvalue weighted by Crippen LogP contribution is -2.32. The van der Waals surface area contributed by atoms with E-state index in [0.29, 0.717) is 6.10 Å². The zero-order valence-corrected chi connectivity index (χ0v) is 10.6. The highest BCUT2D eigenvalue weighted by Gasteiger charge is 2.19. The molecule has 1 fully saturated rings. The van der Waals surface area contributed by atoms with E-state index in [9.17, 15) is 0 Å². The van der Waals surface area contributed by atoms with Gasteiger partial charge in [0.1, 0.15) is 0 Å². The van der Waals surface area contributed by atoms with Gasteiger partial charge in [-0.2, -0.15) is 0 Å². The highest BCUT2D eigenvalue weighted by Crippen LogP contribution is 2.20. The molecule has 1 aliphatic rings. The average Bonchev–Trinajstić information content (AvgIpc) is 2.82. The van der Waals surface area contributed by atoms with Crippen LogP contribution in [-0.2, 0) is 4.74 Å². The van der Waals surface area contributed by atoms with Crippen LogP contribution in [0, 0.1) is 0 Å². The van der Waals surface area contributed by atoms with Gasteiger partial charge in [-0.25, -0.2) is 0 Å². The van der Waals surface area contributed by atoms with Gasteiger partial charge in [0.15, 0.2) is 0 Å². The Bertz CT molecular complexity index is 331. The molecule has 0 aromatic heterocycles. The lowest BCUT2D eigenvalue weighted by atomic mass is 10.2. The van der Waals surface area contributed by atoms with Crippen molar-refractivity contribution in [1.29, 1.82) is 0 Å². The summed E-state index contributed by atoms with van der Waals surface area (Å²) in [7, 11) is 0. The number of nitrogen functional groups attached to an aromatic ring is 1. The van der Waals surface area contributed by atoms with Crippen LogP contribution in [0.25, 0.3) is 0 Å². The van der Waals surface area contributed by atoms with Crippen LogP contribution >= 0.6 is 0 Å². The number of rotatable bonds is 5. The Morgan fingerprint density at radius 3 is 2.71 bits per heavy atom. The fraction of sp³-hybridized carbons (Fsp3) is 0.571. The molecule has 0 spiro atoms. The first-order valence-corrected chi connectivity index (χ1v) is 6.51. The normalized spacial score (nSPS) is 19.5. The fourth-order valence-electron chi connectivity index (χ4n) is 2.31. The minimum absolute atomic E-state index is 0.402. The summed E-state index contributed by atoms with van der Waals surface area (Å²) in [4.78, 5) is 2.40. The molecule has 0 saturated carbocycles. The van der Waals surface area contributed by atoms with Crippen molar-refractivity contribution in [2.24, 2.45) is 0 Å². The summed E-state index contributed by atoms with van der Waals surface area (Å²) in [6, 6.07) is 8.13. The maximum absolute atomic E-state index is 5.72. The number of ether oxygens (including phenoxy) is 1. The molecule has 1 atom stereocenters. The van der Waals surface area contributed by atoms with Gasteiger partial charge in [-0.3, -0.25) is 0 Å². The van der Waals surface area contributed by atoms with E-state index >= 15 is 0 Å². The predicted octanol–water partition coefficient (Wildman–Crippen LogP) is 2.66. The van der Waals surface area contributed by atoms with Gasteiger partial charge in [0.25, 0.3) is 0 Å². The third kappa shape index (κ3) is 3.37. The van der Waals surface area contributed by atoms with Crippen LogP contribution in [0.2, 0.25) is 0 Å². The van der Waals surface area contributed by atoms with E-state index in [2.05, 4.69) is 24.0 Å². The molecule has 1 unspecified atom stereocenters. The maximum atomic E-state index is 5.72. The van der Waals surface area contributed by atoms with Gasteiger partial charge in [0.05, 0.1) is 6.10 Å². The summed E-state index contributed by atoms with van der Waals surface area (Å²) in [5.74, 6) is 0. The van der Waals surface area contributed by atoms with Crippen LogP contribution in [0.4, 0.5) is 11.4 Å². The van der Waals surface area contributed by atoms with Crippen molar-refractivity contribution in [3.63, 3.8) is 0 Å². The predicted molar refractivity (Wildman–Crippen MR) is 72.3 cm³/mol. The summed E-state index contributed by atoms with van der Waals surface area (Å²) in [6.07, 6.45) is 3.94. The van der Waals surface area contributed by atoms with Gasteiger partial charge < -0.3 is 15.4 Å². The smallest absolute Gasteiger partial charge is 0.0750 e. The van der Waals surface area contributed by atoms with E-state index < -0.39 is 0 Å². The molecule has 17 heavy (non-hydrogen) atoms. The lowest BCUT2D eigenvalue weighted by Gasteiger charge is -2.27. The van der Waals surface area contributed by atoms with Crippen molar-refractivity contribution in [3.8, 4) is 0 Å². The second-order valence-electron chi connectivity index (χ2n) is 4.67. The topological polar surface area (TPSA) is 38.5 Å². The highest BCUT2D eigenvalue weighted by molar-refractivity contribution is 5.53. The first-order valence-electron chi connectivity index (χ1n) is 6.51. The van der Waals surface area contributed by atoms with Crippen molar-refractivity contribution in [3.05, 3.63) is 24.3 Å². The number of benzene rings is 1. The minimum atomic E-state index is 0.402. The van der Waals surface area contributed by atoms with Crippen molar-refractivity contribution in [2.75, 3.05) is 30.3 Å². The Morgan fingerprint density at radius 1 is 1.35 bits per heavy atom. The summed E-state index contributed by atoms with van der Waals surface area (Å²) in [6.45, 7) is 5.20. The largest absolute Gasteiger partial charge is 0.399 e. The Kier molecular flexibility index (Phi) is 4.26. The van der Waals surface area contributed by atoms with Gasteiger partial charge >= 0.3 is 0 Å². The molecule has 0 aliphatic carbocycles. The molecule has 2 N–H and O–H groups in total. The van der Waals surface area contributed by atoms with Crippen molar-refractivity contribution in [2.45, 2.75) is 32.3 Å². The van der Waals surface area contributed by atoms with E-state index in [1.165, 1.54) is 18.5 Å². The molecule has 0 radical (unpaired) electrons. The van der Waals surface area contributed by atoms with Crippen LogP contribution < -0.4 is 10.6 Å². The number of hydrogen-bond acceptors (Lipinski definition) is 3. The molecule has 1 heterocycles. The van der Waals surface area contributed by atoms with E-state index in [1.54, 1.807) is 0 Å². The third-order valence-electron chi connectivity index (χ3n) is 3.20. The molecule has 1 aromatic carbocycles. The fourth-order valence-corrected chi connectivity index (χ4v) is 2.31. The molecule has 94 valence electrons. The average molecular weight is 234 g/mol. The summed E-state index contributed by atoms with van der Waals surface area (Å²) in [5, 5.41) is 0. The van der Waals surface area contributed by atoms with E-state index in [0.717, 1.165) is 31.8 Å². The highest BCUT2D eigenvalue weighted by atomic mass is 16.5. The number of nitrogens with two attached hydrogens (primary N) is 1. The maximum Gasteiger partial charge on any atom is 0.0750 e.